The van der Waals surface area contributed by atoms with Gasteiger partial charge in [0.15, 0.2) is 0 Å². The Hall–Kier alpha value is -2.44. The monoisotopic (exact) mass is 461 g/mol. The third-order valence-corrected chi connectivity index (χ3v) is 7.41. The van der Waals surface area contributed by atoms with E-state index in [0.29, 0.717) is 12.1 Å². The minimum Gasteiger partial charge on any atom is -0.393 e. The van der Waals surface area contributed by atoms with Crippen LogP contribution in [0.4, 0.5) is 5.95 Å². The van der Waals surface area contributed by atoms with Gasteiger partial charge in [0.1, 0.15) is 5.65 Å². The number of aliphatic hydroxyl groups excluding tert-OH is 1. The van der Waals surface area contributed by atoms with Crippen LogP contribution in [0.2, 0.25) is 0 Å². The number of aromatic nitrogens is 3. The summed E-state index contributed by atoms with van der Waals surface area (Å²) in [5.74, 6) is 1.59. The van der Waals surface area contributed by atoms with Crippen LogP contribution in [-0.4, -0.2) is 38.3 Å². The van der Waals surface area contributed by atoms with Gasteiger partial charge in [0.05, 0.1) is 6.10 Å². The smallest absolute Gasteiger partial charge is 0.224 e. The lowest BCUT2D eigenvalue weighted by Crippen LogP contribution is -2.21. The summed E-state index contributed by atoms with van der Waals surface area (Å²) in [5.41, 5.74) is 4.69. The van der Waals surface area contributed by atoms with Gasteiger partial charge in [-0.3, -0.25) is 0 Å². The van der Waals surface area contributed by atoms with Gasteiger partial charge in [-0.2, -0.15) is 4.98 Å². The molecule has 6 nitrogen and oxygen atoms in total. The first-order valence-corrected chi connectivity index (χ1v) is 13.2. The SMILES string of the molecule is CCCNCc1ccc(-c2cn(C3CCC(O)CC3)c3nc(NC(C)CC4CC4)ncc23)cc1. The van der Waals surface area contributed by atoms with E-state index in [4.69, 9.17) is 9.97 Å². The van der Waals surface area contributed by atoms with Crippen LogP contribution in [0.25, 0.3) is 22.2 Å². The summed E-state index contributed by atoms with van der Waals surface area (Å²) in [6, 6.07) is 9.62. The molecule has 0 bridgehead atoms. The number of fused-ring (bicyclic) bond motifs is 1. The van der Waals surface area contributed by atoms with Crippen molar-refractivity contribution in [2.24, 2.45) is 5.92 Å². The molecule has 2 heterocycles. The van der Waals surface area contributed by atoms with Crippen LogP contribution in [0.3, 0.4) is 0 Å². The van der Waals surface area contributed by atoms with Crippen LogP contribution in [0.1, 0.15) is 76.8 Å². The van der Waals surface area contributed by atoms with Crippen molar-refractivity contribution < 1.29 is 5.11 Å². The lowest BCUT2D eigenvalue weighted by molar-refractivity contribution is 0.111. The quantitative estimate of drug-likeness (QED) is 0.339. The molecule has 2 aliphatic carbocycles. The zero-order valence-electron chi connectivity index (χ0n) is 20.6. The van der Waals surface area contributed by atoms with Crippen molar-refractivity contribution in [1.29, 1.82) is 0 Å². The summed E-state index contributed by atoms with van der Waals surface area (Å²) in [6.07, 6.45) is 12.8. The fourth-order valence-corrected chi connectivity index (χ4v) is 5.29. The topological polar surface area (TPSA) is 75.0 Å². The molecule has 1 unspecified atom stereocenters. The molecular formula is C28H39N5O. The molecule has 3 N–H and O–H groups in total. The molecule has 1 atom stereocenters. The van der Waals surface area contributed by atoms with E-state index in [9.17, 15) is 5.11 Å². The van der Waals surface area contributed by atoms with E-state index in [-0.39, 0.29) is 6.10 Å². The average molecular weight is 462 g/mol. The number of nitrogens with zero attached hydrogens (tertiary/aromatic N) is 3. The fourth-order valence-electron chi connectivity index (χ4n) is 5.29. The Morgan fingerprint density at radius 2 is 1.85 bits per heavy atom. The third-order valence-electron chi connectivity index (χ3n) is 7.41. The van der Waals surface area contributed by atoms with E-state index >= 15 is 0 Å². The Morgan fingerprint density at radius 3 is 2.56 bits per heavy atom. The molecule has 0 saturated heterocycles. The van der Waals surface area contributed by atoms with Gasteiger partial charge >= 0.3 is 0 Å². The molecule has 34 heavy (non-hydrogen) atoms. The van der Waals surface area contributed by atoms with Crippen LogP contribution < -0.4 is 10.6 Å². The maximum Gasteiger partial charge on any atom is 0.224 e. The van der Waals surface area contributed by atoms with Crippen LogP contribution in [0, 0.1) is 5.92 Å². The van der Waals surface area contributed by atoms with Gasteiger partial charge in [0, 0.05) is 42.0 Å². The maximum absolute atomic E-state index is 10.0. The predicted molar refractivity (Wildman–Crippen MR) is 139 cm³/mol. The van der Waals surface area contributed by atoms with Gasteiger partial charge in [-0.25, -0.2) is 4.98 Å². The number of aliphatic hydroxyl groups is 1. The van der Waals surface area contributed by atoms with E-state index < -0.39 is 0 Å². The fraction of sp³-hybridized carbons (Fsp3) is 0.571. The number of rotatable bonds is 10. The largest absolute Gasteiger partial charge is 0.393 e. The summed E-state index contributed by atoms with van der Waals surface area (Å²) in [5, 5.41) is 18.2. The Morgan fingerprint density at radius 1 is 1.09 bits per heavy atom. The van der Waals surface area contributed by atoms with Gasteiger partial charge in [-0.05, 0) is 69.0 Å². The minimum atomic E-state index is -0.165. The normalized spacial score (nSPS) is 21.6. The predicted octanol–water partition coefficient (Wildman–Crippen LogP) is 5.67. The zero-order valence-corrected chi connectivity index (χ0v) is 20.6. The number of hydrogen-bond acceptors (Lipinski definition) is 5. The van der Waals surface area contributed by atoms with Gasteiger partial charge in [-0.15, -0.1) is 0 Å². The van der Waals surface area contributed by atoms with Gasteiger partial charge < -0.3 is 20.3 Å². The number of anilines is 1. The van der Waals surface area contributed by atoms with Crippen molar-refractivity contribution >= 4 is 17.0 Å². The summed E-state index contributed by atoms with van der Waals surface area (Å²) in [6.45, 7) is 6.36. The van der Waals surface area contributed by atoms with Crippen molar-refractivity contribution in [3.05, 3.63) is 42.2 Å². The maximum atomic E-state index is 10.0. The van der Waals surface area contributed by atoms with Crippen LogP contribution in [0.5, 0.6) is 0 Å². The van der Waals surface area contributed by atoms with Crippen molar-refractivity contribution in [2.75, 3.05) is 11.9 Å². The van der Waals surface area contributed by atoms with E-state index in [1.165, 1.54) is 36.0 Å². The Balaban J connectivity index is 1.45. The summed E-state index contributed by atoms with van der Waals surface area (Å²) >= 11 is 0. The van der Waals surface area contributed by atoms with Gasteiger partial charge in [-0.1, -0.05) is 44.0 Å². The van der Waals surface area contributed by atoms with Crippen molar-refractivity contribution in [3.63, 3.8) is 0 Å². The molecule has 2 saturated carbocycles. The van der Waals surface area contributed by atoms with Gasteiger partial charge in [0.25, 0.3) is 0 Å². The van der Waals surface area contributed by atoms with E-state index in [2.05, 4.69) is 59.5 Å². The molecule has 2 aliphatic rings. The highest BCUT2D eigenvalue weighted by molar-refractivity contribution is 5.94. The summed E-state index contributed by atoms with van der Waals surface area (Å²) < 4.78 is 2.35. The van der Waals surface area contributed by atoms with Crippen LogP contribution >= 0.6 is 0 Å². The number of benzene rings is 1. The molecule has 0 aliphatic heterocycles. The highest BCUT2D eigenvalue weighted by Crippen LogP contribution is 2.37. The van der Waals surface area contributed by atoms with Gasteiger partial charge in [0.2, 0.25) is 5.95 Å². The van der Waals surface area contributed by atoms with E-state index in [1.807, 2.05) is 6.20 Å². The zero-order chi connectivity index (χ0) is 23.5. The Bertz CT molecular complexity index is 1080. The highest BCUT2D eigenvalue weighted by Gasteiger charge is 2.26. The van der Waals surface area contributed by atoms with Crippen LogP contribution in [-0.2, 0) is 6.54 Å². The molecule has 3 aromatic rings. The molecule has 2 aromatic heterocycles. The lowest BCUT2D eigenvalue weighted by Gasteiger charge is -2.27. The lowest BCUT2D eigenvalue weighted by atomic mass is 9.93. The molecular weight excluding hydrogens is 422 g/mol. The first-order valence-electron chi connectivity index (χ1n) is 13.2. The standard InChI is InChI=1S/C28H39N5O/c1-3-14-29-16-21-6-8-22(9-7-21)26-18-33(23-10-12-24(34)13-11-23)27-25(26)17-30-28(32-27)31-19(2)15-20-4-5-20/h6-9,17-20,23-24,29,34H,3-5,10-16H2,1-2H3,(H,30,31,32). The van der Waals surface area contributed by atoms with Crippen molar-refractivity contribution in [1.82, 2.24) is 19.9 Å². The Labute approximate surface area is 203 Å². The molecule has 0 radical (unpaired) electrons. The number of hydrogen-bond donors (Lipinski definition) is 3. The molecule has 182 valence electrons. The molecule has 6 heteroatoms. The summed E-state index contributed by atoms with van der Waals surface area (Å²) in [7, 11) is 0. The van der Waals surface area contributed by atoms with Crippen molar-refractivity contribution in [3.8, 4) is 11.1 Å². The molecule has 5 rings (SSSR count). The van der Waals surface area contributed by atoms with Crippen LogP contribution in [0.15, 0.2) is 36.7 Å². The Kier molecular flexibility index (Phi) is 7.16. The van der Waals surface area contributed by atoms with Crippen molar-refractivity contribution in [2.45, 2.75) is 89.9 Å². The molecule has 1 aromatic carbocycles. The second-order valence-corrected chi connectivity index (χ2v) is 10.4. The average Bonchev–Trinajstić information content (AvgIpc) is 3.58. The molecule has 2 fully saturated rings. The number of nitrogens with one attached hydrogen (secondary N) is 2. The second kappa shape index (κ2) is 10.4. The molecule has 0 spiro atoms. The third kappa shape index (κ3) is 5.44. The van der Waals surface area contributed by atoms with E-state index in [1.54, 1.807) is 0 Å². The first kappa shape index (κ1) is 23.3. The first-order chi connectivity index (χ1) is 16.6. The highest BCUT2D eigenvalue weighted by atomic mass is 16.3. The molecule has 0 amide bonds. The van der Waals surface area contributed by atoms with E-state index in [0.717, 1.165) is 68.1 Å². The minimum absolute atomic E-state index is 0.165. The summed E-state index contributed by atoms with van der Waals surface area (Å²) in [4.78, 5) is 9.73. The second-order valence-electron chi connectivity index (χ2n) is 10.4.